The Balaban J connectivity index is 2.20. The largest absolute Gasteiger partial charge is 0.396 e. The SMILES string of the molecule is CCC(CO)CNCCc1cccc(F)c1. The van der Waals surface area contributed by atoms with Gasteiger partial charge in [-0.3, -0.25) is 0 Å². The van der Waals surface area contributed by atoms with Gasteiger partial charge in [0, 0.05) is 13.2 Å². The molecule has 0 aromatic heterocycles. The zero-order valence-electron chi connectivity index (χ0n) is 9.75. The Kier molecular flexibility index (Phi) is 6.04. The average Bonchev–Trinajstić information content (AvgIpc) is 2.29. The van der Waals surface area contributed by atoms with E-state index in [9.17, 15) is 4.39 Å². The van der Waals surface area contributed by atoms with Gasteiger partial charge in [-0.2, -0.15) is 0 Å². The average molecular weight is 225 g/mol. The fraction of sp³-hybridized carbons (Fsp3) is 0.538. The van der Waals surface area contributed by atoms with Crippen LogP contribution < -0.4 is 5.32 Å². The van der Waals surface area contributed by atoms with Gasteiger partial charge in [0.25, 0.3) is 0 Å². The van der Waals surface area contributed by atoms with Gasteiger partial charge in [-0.25, -0.2) is 4.39 Å². The summed E-state index contributed by atoms with van der Waals surface area (Å²) in [6.07, 6.45) is 1.79. The molecule has 0 amide bonds. The lowest BCUT2D eigenvalue weighted by atomic mass is 10.1. The monoisotopic (exact) mass is 225 g/mol. The molecule has 90 valence electrons. The Morgan fingerprint density at radius 2 is 2.25 bits per heavy atom. The molecule has 2 N–H and O–H groups in total. The van der Waals surface area contributed by atoms with Crippen LogP contribution in [0, 0.1) is 11.7 Å². The minimum absolute atomic E-state index is 0.181. The lowest BCUT2D eigenvalue weighted by molar-refractivity contribution is 0.219. The van der Waals surface area contributed by atoms with Gasteiger partial charge in [0.2, 0.25) is 0 Å². The highest BCUT2D eigenvalue weighted by atomic mass is 19.1. The second kappa shape index (κ2) is 7.36. The predicted molar refractivity (Wildman–Crippen MR) is 63.8 cm³/mol. The van der Waals surface area contributed by atoms with Gasteiger partial charge in [0.1, 0.15) is 5.82 Å². The van der Waals surface area contributed by atoms with E-state index in [1.165, 1.54) is 6.07 Å². The van der Waals surface area contributed by atoms with Crippen LogP contribution in [0.4, 0.5) is 4.39 Å². The summed E-state index contributed by atoms with van der Waals surface area (Å²) in [5, 5.41) is 12.3. The van der Waals surface area contributed by atoms with Crippen LogP contribution in [-0.4, -0.2) is 24.8 Å². The molecule has 0 bridgehead atoms. The maximum atomic E-state index is 12.9. The van der Waals surface area contributed by atoms with Crippen molar-refractivity contribution < 1.29 is 9.50 Å². The van der Waals surface area contributed by atoms with Crippen molar-refractivity contribution in [3.8, 4) is 0 Å². The molecule has 3 heteroatoms. The molecule has 16 heavy (non-hydrogen) atoms. The van der Waals surface area contributed by atoms with Gasteiger partial charge >= 0.3 is 0 Å². The Bertz CT molecular complexity index is 300. The van der Waals surface area contributed by atoms with E-state index in [1.807, 2.05) is 6.07 Å². The maximum absolute atomic E-state index is 12.9. The third-order valence-electron chi connectivity index (χ3n) is 2.75. The van der Waals surface area contributed by atoms with E-state index >= 15 is 0 Å². The number of halogens is 1. The van der Waals surface area contributed by atoms with E-state index in [-0.39, 0.29) is 12.4 Å². The van der Waals surface area contributed by atoms with Crippen LogP contribution in [0.1, 0.15) is 18.9 Å². The highest BCUT2D eigenvalue weighted by Gasteiger charge is 2.03. The standard InChI is InChI=1S/C13H20FNO/c1-2-11(10-16)9-15-7-6-12-4-3-5-13(14)8-12/h3-5,8,11,15-16H,2,6-7,9-10H2,1H3. The smallest absolute Gasteiger partial charge is 0.123 e. The highest BCUT2D eigenvalue weighted by Crippen LogP contribution is 2.04. The van der Waals surface area contributed by atoms with Crippen molar-refractivity contribution in [1.29, 1.82) is 0 Å². The maximum Gasteiger partial charge on any atom is 0.123 e. The number of hydrogen-bond donors (Lipinski definition) is 2. The minimum Gasteiger partial charge on any atom is -0.396 e. The van der Waals surface area contributed by atoms with E-state index < -0.39 is 0 Å². The van der Waals surface area contributed by atoms with Gasteiger partial charge in [-0.05, 0) is 43.0 Å². The first-order valence-corrected chi connectivity index (χ1v) is 5.82. The van der Waals surface area contributed by atoms with Crippen molar-refractivity contribution in [2.24, 2.45) is 5.92 Å². The molecule has 2 nitrogen and oxygen atoms in total. The highest BCUT2D eigenvalue weighted by molar-refractivity contribution is 5.16. The molecule has 0 spiro atoms. The summed E-state index contributed by atoms with van der Waals surface area (Å²) < 4.78 is 12.9. The number of hydrogen-bond acceptors (Lipinski definition) is 2. The van der Waals surface area contributed by atoms with Crippen LogP contribution in [-0.2, 0) is 6.42 Å². The molecule has 0 saturated heterocycles. The summed E-state index contributed by atoms with van der Waals surface area (Å²) in [7, 11) is 0. The molecule has 1 rings (SSSR count). The quantitative estimate of drug-likeness (QED) is 0.695. The molecule has 0 heterocycles. The second-order valence-electron chi connectivity index (χ2n) is 4.04. The molecule has 1 unspecified atom stereocenters. The summed E-state index contributed by atoms with van der Waals surface area (Å²) in [4.78, 5) is 0. The fourth-order valence-corrected chi connectivity index (χ4v) is 1.57. The van der Waals surface area contributed by atoms with Crippen molar-refractivity contribution >= 4 is 0 Å². The summed E-state index contributed by atoms with van der Waals surface area (Å²) >= 11 is 0. The van der Waals surface area contributed by atoms with Crippen molar-refractivity contribution in [2.45, 2.75) is 19.8 Å². The molecule has 1 aromatic carbocycles. The molecule has 0 aliphatic rings. The third-order valence-corrected chi connectivity index (χ3v) is 2.75. The van der Waals surface area contributed by atoms with E-state index in [2.05, 4.69) is 12.2 Å². The molecule has 0 aliphatic carbocycles. The number of rotatable bonds is 7. The minimum atomic E-state index is -0.181. The molecule has 0 aliphatic heterocycles. The Hall–Kier alpha value is -0.930. The number of aliphatic hydroxyl groups is 1. The van der Waals surface area contributed by atoms with Crippen molar-refractivity contribution in [3.05, 3.63) is 35.6 Å². The van der Waals surface area contributed by atoms with Crippen molar-refractivity contribution in [3.63, 3.8) is 0 Å². The lowest BCUT2D eigenvalue weighted by Gasteiger charge is -2.12. The summed E-state index contributed by atoms with van der Waals surface area (Å²) in [5.74, 6) is 0.145. The van der Waals surface area contributed by atoms with Crippen LogP contribution in [0.5, 0.6) is 0 Å². The number of aliphatic hydroxyl groups excluding tert-OH is 1. The van der Waals surface area contributed by atoms with Crippen molar-refractivity contribution in [1.82, 2.24) is 5.32 Å². The Morgan fingerprint density at radius 1 is 1.44 bits per heavy atom. The van der Waals surface area contributed by atoms with Crippen LogP contribution in [0.15, 0.2) is 24.3 Å². The Labute approximate surface area is 96.5 Å². The zero-order chi connectivity index (χ0) is 11.8. The van der Waals surface area contributed by atoms with Crippen molar-refractivity contribution in [2.75, 3.05) is 19.7 Å². The molecule has 0 fully saturated rings. The normalized spacial score (nSPS) is 12.7. The fourth-order valence-electron chi connectivity index (χ4n) is 1.57. The van der Waals surface area contributed by atoms with E-state index in [0.29, 0.717) is 5.92 Å². The third kappa shape index (κ3) is 4.73. The Morgan fingerprint density at radius 3 is 2.88 bits per heavy atom. The number of benzene rings is 1. The van der Waals surface area contributed by atoms with Crippen LogP contribution >= 0.6 is 0 Å². The summed E-state index contributed by atoms with van der Waals surface area (Å²) in [6.45, 7) is 3.93. The van der Waals surface area contributed by atoms with Crippen LogP contribution in [0.2, 0.25) is 0 Å². The topological polar surface area (TPSA) is 32.3 Å². The zero-order valence-corrected chi connectivity index (χ0v) is 9.75. The molecule has 1 atom stereocenters. The number of nitrogens with one attached hydrogen (secondary N) is 1. The second-order valence-corrected chi connectivity index (χ2v) is 4.04. The van der Waals surface area contributed by atoms with Gasteiger partial charge < -0.3 is 10.4 Å². The molecular weight excluding hydrogens is 205 g/mol. The molecule has 0 saturated carbocycles. The first-order chi connectivity index (χ1) is 7.76. The van der Waals surface area contributed by atoms with E-state index in [1.54, 1.807) is 12.1 Å². The first-order valence-electron chi connectivity index (χ1n) is 5.82. The summed E-state index contributed by atoms with van der Waals surface area (Å²) in [6, 6.07) is 6.67. The van der Waals surface area contributed by atoms with Gasteiger partial charge in [0.15, 0.2) is 0 Å². The van der Waals surface area contributed by atoms with Crippen LogP contribution in [0.25, 0.3) is 0 Å². The first kappa shape index (κ1) is 13.1. The predicted octanol–water partition coefficient (Wildman–Crippen LogP) is 1.98. The molecule has 1 aromatic rings. The molecule has 0 radical (unpaired) electrons. The lowest BCUT2D eigenvalue weighted by Crippen LogP contribution is -2.26. The molecular formula is C13H20FNO. The van der Waals surface area contributed by atoms with E-state index in [0.717, 1.165) is 31.5 Å². The van der Waals surface area contributed by atoms with Gasteiger partial charge in [-0.1, -0.05) is 19.1 Å². The van der Waals surface area contributed by atoms with Crippen LogP contribution in [0.3, 0.4) is 0 Å². The van der Waals surface area contributed by atoms with E-state index in [4.69, 9.17) is 5.11 Å². The van der Waals surface area contributed by atoms with Gasteiger partial charge in [0.05, 0.1) is 0 Å². The van der Waals surface area contributed by atoms with Gasteiger partial charge in [-0.15, -0.1) is 0 Å². The summed E-state index contributed by atoms with van der Waals surface area (Å²) in [5.41, 5.74) is 1.00.